The van der Waals surface area contributed by atoms with E-state index in [0.717, 1.165) is 75.9 Å². The Morgan fingerprint density at radius 3 is 2.64 bits per heavy atom. The highest BCUT2D eigenvalue weighted by Crippen LogP contribution is 2.36. The second-order valence-corrected chi connectivity index (χ2v) is 12.1. The second-order valence-electron chi connectivity index (χ2n) is 10.7. The summed E-state index contributed by atoms with van der Waals surface area (Å²) in [6.07, 6.45) is 8.76. The van der Waals surface area contributed by atoms with Gasteiger partial charge in [-0.2, -0.15) is 5.26 Å². The van der Waals surface area contributed by atoms with E-state index in [9.17, 15) is 10.1 Å². The summed E-state index contributed by atoms with van der Waals surface area (Å²) in [5, 5.41) is 15.5. The number of carbonyl (C=O) groups is 1. The molecule has 1 aliphatic heterocycles. The van der Waals surface area contributed by atoms with E-state index in [1.165, 1.54) is 18.9 Å². The molecule has 0 amide bonds. The number of carbonyl (C=O) groups excluding carboxylic acids is 1. The van der Waals surface area contributed by atoms with Crippen molar-refractivity contribution >= 4 is 51.6 Å². The molecule has 6 rings (SSSR count). The van der Waals surface area contributed by atoms with E-state index in [1.807, 2.05) is 66.5 Å². The lowest BCUT2D eigenvalue weighted by Gasteiger charge is -2.30. The van der Waals surface area contributed by atoms with Crippen LogP contribution in [0.5, 0.6) is 0 Å². The normalized spacial score (nSPS) is 14.0. The van der Waals surface area contributed by atoms with Crippen molar-refractivity contribution in [3.8, 4) is 17.3 Å². The van der Waals surface area contributed by atoms with E-state index < -0.39 is 0 Å². The third-order valence-electron chi connectivity index (χ3n) is 7.82. The molecule has 2 aromatic carbocycles. The SMILES string of the molecule is COC(=O)C1CCN(Cc2ccc(-c3ccc4c(Nc5ccc(Sc6nccn6C)c(Cl)c5)c(C#N)cnc4c3)nc2)CC1. The summed E-state index contributed by atoms with van der Waals surface area (Å²) < 4.78 is 6.84. The molecule has 222 valence electrons. The quantitative estimate of drug-likeness (QED) is 0.186. The standard InChI is InChI=1S/C33H30ClN7O2S/c1-40-14-11-36-33(40)44-30-8-5-25(16-27(30)34)39-31-24(17-35)19-38-29-15-23(4-6-26(29)31)28-7-3-21(18-37-28)20-41-12-9-22(10-13-41)32(42)43-2/h3-8,11,14-16,18-19,22H,9-10,12-13,20H2,1-2H3,(H,38,39). The number of aryl methyl sites for hydroxylation is 1. The van der Waals surface area contributed by atoms with Crippen molar-refractivity contribution in [1.29, 1.82) is 5.26 Å². The molecule has 0 unspecified atom stereocenters. The number of nitrogens with one attached hydrogen (secondary N) is 1. The number of esters is 1. The molecule has 11 heteroatoms. The monoisotopic (exact) mass is 623 g/mol. The summed E-state index contributed by atoms with van der Waals surface area (Å²) in [7, 11) is 3.39. The minimum absolute atomic E-state index is 0.00162. The third-order valence-corrected chi connectivity index (χ3v) is 9.39. The summed E-state index contributed by atoms with van der Waals surface area (Å²) in [4.78, 5) is 28.7. The summed E-state index contributed by atoms with van der Waals surface area (Å²) in [5.41, 5.74) is 5.51. The largest absolute Gasteiger partial charge is 0.469 e. The molecule has 0 saturated carbocycles. The number of hydrogen-bond acceptors (Lipinski definition) is 9. The van der Waals surface area contributed by atoms with Gasteiger partial charge in [-0.05, 0) is 67.9 Å². The van der Waals surface area contributed by atoms with Gasteiger partial charge >= 0.3 is 5.97 Å². The van der Waals surface area contributed by atoms with Gasteiger partial charge in [0.2, 0.25) is 0 Å². The molecule has 0 atom stereocenters. The Morgan fingerprint density at radius 2 is 1.95 bits per heavy atom. The number of anilines is 2. The molecule has 0 spiro atoms. The van der Waals surface area contributed by atoms with Crippen LogP contribution in [0.2, 0.25) is 5.02 Å². The third kappa shape index (κ3) is 6.40. The Balaban J connectivity index is 1.18. The van der Waals surface area contributed by atoms with Gasteiger partial charge in [0.15, 0.2) is 5.16 Å². The molecule has 0 aliphatic carbocycles. The average Bonchev–Trinajstić information content (AvgIpc) is 3.46. The fourth-order valence-corrected chi connectivity index (χ4v) is 6.47. The van der Waals surface area contributed by atoms with Crippen LogP contribution in [0.15, 0.2) is 83.4 Å². The molecule has 9 nitrogen and oxygen atoms in total. The average molecular weight is 624 g/mol. The number of piperidine rings is 1. The van der Waals surface area contributed by atoms with E-state index in [4.69, 9.17) is 21.3 Å². The first kappa shape index (κ1) is 29.6. The van der Waals surface area contributed by atoms with Crippen LogP contribution in [0.4, 0.5) is 11.4 Å². The topological polar surface area (TPSA) is 109 Å². The fourth-order valence-electron chi connectivity index (χ4n) is 5.37. The highest BCUT2D eigenvalue weighted by Gasteiger charge is 2.25. The lowest BCUT2D eigenvalue weighted by Crippen LogP contribution is -2.36. The van der Waals surface area contributed by atoms with Crippen molar-refractivity contribution in [2.45, 2.75) is 29.4 Å². The minimum Gasteiger partial charge on any atom is -0.469 e. The van der Waals surface area contributed by atoms with E-state index in [0.29, 0.717) is 16.3 Å². The smallest absolute Gasteiger partial charge is 0.308 e. The number of methoxy groups -OCH3 is 1. The highest BCUT2D eigenvalue weighted by atomic mass is 35.5. The van der Waals surface area contributed by atoms with Crippen LogP contribution in [-0.2, 0) is 23.1 Å². The Morgan fingerprint density at radius 1 is 1.11 bits per heavy atom. The van der Waals surface area contributed by atoms with Gasteiger partial charge in [-0.25, -0.2) is 4.98 Å². The maximum absolute atomic E-state index is 11.8. The van der Waals surface area contributed by atoms with Crippen LogP contribution < -0.4 is 5.32 Å². The van der Waals surface area contributed by atoms with Gasteiger partial charge in [0.05, 0.1) is 40.5 Å². The first-order valence-corrected chi connectivity index (χ1v) is 15.4. The first-order valence-electron chi connectivity index (χ1n) is 14.2. The number of pyridine rings is 2. The summed E-state index contributed by atoms with van der Waals surface area (Å²) in [6.45, 7) is 2.51. The number of hydrogen-bond donors (Lipinski definition) is 1. The lowest BCUT2D eigenvalue weighted by molar-refractivity contribution is -0.147. The number of nitriles is 1. The van der Waals surface area contributed by atoms with Crippen molar-refractivity contribution in [2.24, 2.45) is 13.0 Å². The predicted molar refractivity (Wildman–Crippen MR) is 172 cm³/mol. The molecular formula is C33H30ClN7O2S. The van der Waals surface area contributed by atoms with Crippen molar-refractivity contribution < 1.29 is 9.53 Å². The van der Waals surface area contributed by atoms with Crippen molar-refractivity contribution in [3.05, 3.63) is 89.5 Å². The van der Waals surface area contributed by atoms with Gasteiger partial charge in [0.25, 0.3) is 0 Å². The molecular weight excluding hydrogens is 594 g/mol. The highest BCUT2D eigenvalue weighted by molar-refractivity contribution is 7.99. The van der Waals surface area contributed by atoms with Gasteiger partial charge in [0.1, 0.15) is 6.07 Å². The Labute approximate surface area is 264 Å². The summed E-state index contributed by atoms with van der Waals surface area (Å²) >= 11 is 8.12. The molecule has 1 fully saturated rings. The van der Waals surface area contributed by atoms with Gasteiger partial charge in [0, 0.05) is 59.9 Å². The van der Waals surface area contributed by atoms with Crippen molar-refractivity contribution in [3.63, 3.8) is 0 Å². The number of imidazole rings is 1. The molecule has 3 aromatic heterocycles. The molecule has 4 heterocycles. The maximum atomic E-state index is 11.8. The molecule has 44 heavy (non-hydrogen) atoms. The second kappa shape index (κ2) is 13.1. The zero-order valence-electron chi connectivity index (χ0n) is 24.3. The van der Waals surface area contributed by atoms with Gasteiger partial charge < -0.3 is 14.6 Å². The number of rotatable bonds is 8. The van der Waals surface area contributed by atoms with Crippen molar-refractivity contribution in [2.75, 3.05) is 25.5 Å². The van der Waals surface area contributed by atoms with Crippen molar-refractivity contribution in [1.82, 2.24) is 24.4 Å². The van der Waals surface area contributed by atoms with Crippen LogP contribution in [0.25, 0.3) is 22.2 Å². The van der Waals surface area contributed by atoms with Crippen LogP contribution in [0.3, 0.4) is 0 Å². The van der Waals surface area contributed by atoms with Gasteiger partial charge in [-0.1, -0.05) is 35.5 Å². The molecule has 1 aliphatic rings. The fraction of sp³-hybridized carbons (Fsp3) is 0.242. The minimum atomic E-state index is -0.109. The predicted octanol–water partition coefficient (Wildman–Crippen LogP) is 6.84. The number of likely N-dealkylation sites (tertiary alicyclic amines) is 1. The zero-order chi connectivity index (χ0) is 30.6. The van der Waals surface area contributed by atoms with E-state index in [1.54, 1.807) is 12.4 Å². The summed E-state index contributed by atoms with van der Waals surface area (Å²) in [6, 6.07) is 18.0. The maximum Gasteiger partial charge on any atom is 0.308 e. The zero-order valence-corrected chi connectivity index (χ0v) is 25.9. The number of benzene rings is 2. The van der Waals surface area contributed by atoms with E-state index in [-0.39, 0.29) is 11.9 Å². The molecule has 5 aromatic rings. The molecule has 0 bridgehead atoms. The summed E-state index contributed by atoms with van der Waals surface area (Å²) in [5.74, 6) is -0.111. The number of fused-ring (bicyclic) bond motifs is 1. The number of aromatic nitrogens is 4. The molecule has 1 N–H and O–H groups in total. The van der Waals surface area contributed by atoms with Crippen LogP contribution in [0.1, 0.15) is 24.0 Å². The Bertz CT molecular complexity index is 1860. The molecule has 0 radical (unpaired) electrons. The van der Waals surface area contributed by atoms with E-state index >= 15 is 0 Å². The Kier molecular flexibility index (Phi) is 8.79. The van der Waals surface area contributed by atoms with Crippen LogP contribution >= 0.6 is 23.4 Å². The van der Waals surface area contributed by atoms with Gasteiger partial charge in [-0.3, -0.25) is 19.7 Å². The van der Waals surface area contributed by atoms with Crippen LogP contribution in [-0.4, -0.2) is 50.6 Å². The molecule has 1 saturated heterocycles. The lowest BCUT2D eigenvalue weighted by atomic mass is 9.97. The number of halogens is 1. The number of nitrogens with zero attached hydrogens (tertiary/aromatic N) is 6. The number of ether oxygens (including phenoxy) is 1. The van der Waals surface area contributed by atoms with Crippen LogP contribution in [0, 0.1) is 17.2 Å². The van der Waals surface area contributed by atoms with Gasteiger partial charge in [-0.15, -0.1) is 0 Å². The first-order chi connectivity index (χ1) is 21.4. The Hall–Kier alpha value is -4.43. The van der Waals surface area contributed by atoms with E-state index in [2.05, 4.69) is 32.3 Å².